The predicted molar refractivity (Wildman–Crippen MR) is 138 cm³/mol. The molecular weight excluding hydrogens is 498 g/mol. The number of hydrogen-bond acceptors (Lipinski definition) is 11. The highest BCUT2D eigenvalue weighted by Crippen LogP contribution is 2.31. The minimum atomic E-state index is -1.55. The third-order valence-electron chi connectivity index (χ3n) is 5.44. The first-order valence-electron chi connectivity index (χ1n) is 12.7. The average Bonchev–Trinajstić information content (AvgIpc) is 2.84. The molecule has 11 heteroatoms. The number of nitrogens with two attached hydrogens (primary N) is 1. The largest absolute Gasteiger partial charge is 0.513 e. The van der Waals surface area contributed by atoms with Gasteiger partial charge < -0.3 is 34.2 Å². The average molecular weight is 540 g/mol. The van der Waals surface area contributed by atoms with Gasteiger partial charge in [0, 0.05) is 19.3 Å². The number of rotatable bonds is 15. The first-order valence-corrected chi connectivity index (χ1v) is 12.7. The Bertz CT molecular complexity index is 930. The molecule has 214 valence electrons. The van der Waals surface area contributed by atoms with Gasteiger partial charge in [-0.25, -0.2) is 9.59 Å². The smallest absolute Gasteiger partial charge is 0.468 e. The summed E-state index contributed by atoms with van der Waals surface area (Å²) in [4.78, 5) is 48.5. The summed E-state index contributed by atoms with van der Waals surface area (Å²) in [6.45, 7) is 9.82. The number of esters is 2. The van der Waals surface area contributed by atoms with Gasteiger partial charge in [0.15, 0.2) is 11.5 Å². The molecule has 0 aromatic heterocycles. The van der Waals surface area contributed by atoms with Crippen LogP contribution in [0.15, 0.2) is 18.2 Å². The number of hydrogen-bond donors (Lipinski definition) is 1. The van der Waals surface area contributed by atoms with Crippen LogP contribution < -0.4 is 15.2 Å². The van der Waals surface area contributed by atoms with Gasteiger partial charge >= 0.3 is 24.2 Å². The van der Waals surface area contributed by atoms with Crippen molar-refractivity contribution in [2.45, 2.75) is 72.3 Å². The molecule has 0 aliphatic carbocycles. The van der Waals surface area contributed by atoms with Crippen molar-refractivity contribution in [2.24, 2.45) is 17.6 Å². The minimum Gasteiger partial charge on any atom is -0.468 e. The number of carbonyl (C=O) groups excluding carboxylic acids is 4. The molecule has 0 aliphatic rings. The van der Waals surface area contributed by atoms with E-state index in [1.54, 1.807) is 13.0 Å². The van der Waals surface area contributed by atoms with E-state index in [4.69, 9.17) is 34.2 Å². The minimum absolute atomic E-state index is 0.0146. The topological polar surface area (TPSA) is 150 Å². The summed E-state index contributed by atoms with van der Waals surface area (Å²) in [5, 5.41) is 0. The van der Waals surface area contributed by atoms with Crippen LogP contribution in [0.5, 0.6) is 11.5 Å². The summed E-state index contributed by atoms with van der Waals surface area (Å²) in [6, 6.07) is 4.35. The van der Waals surface area contributed by atoms with E-state index < -0.39 is 29.8 Å². The molecule has 0 bridgehead atoms. The highest BCUT2D eigenvalue weighted by atomic mass is 16.7. The van der Waals surface area contributed by atoms with Gasteiger partial charge in [-0.1, -0.05) is 40.7 Å². The predicted octanol–water partition coefficient (Wildman–Crippen LogP) is 4.57. The lowest BCUT2D eigenvalue weighted by atomic mass is 9.88. The van der Waals surface area contributed by atoms with Crippen LogP contribution in [0.4, 0.5) is 9.59 Å². The molecule has 1 rings (SSSR count). The van der Waals surface area contributed by atoms with Crippen molar-refractivity contribution in [3.05, 3.63) is 23.8 Å². The lowest BCUT2D eigenvalue weighted by molar-refractivity contribution is -0.151. The summed E-state index contributed by atoms with van der Waals surface area (Å²) in [5.41, 5.74) is 5.27. The van der Waals surface area contributed by atoms with Crippen LogP contribution >= 0.6 is 0 Å². The number of benzene rings is 1. The molecule has 0 amide bonds. The third kappa shape index (κ3) is 12.3. The van der Waals surface area contributed by atoms with E-state index in [9.17, 15) is 19.2 Å². The maximum Gasteiger partial charge on any atom is 0.513 e. The lowest BCUT2D eigenvalue weighted by Crippen LogP contribution is -2.51. The number of carbonyl (C=O) groups is 4. The van der Waals surface area contributed by atoms with Crippen LogP contribution in [0.2, 0.25) is 0 Å². The lowest BCUT2D eigenvalue weighted by Gasteiger charge is -2.26. The molecule has 0 aliphatic heterocycles. The highest BCUT2D eigenvalue weighted by Gasteiger charge is 2.36. The second-order valence-corrected chi connectivity index (χ2v) is 9.70. The SMILES string of the molecule is CCC(=O)OCC[C@@](N)(Cc1ccc(OC(=O)OCCC(C)C)c(OC(=O)OCCC(C)C)c1)C(=O)OC. The Morgan fingerprint density at radius 3 is 1.89 bits per heavy atom. The summed E-state index contributed by atoms with van der Waals surface area (Å²) in [5.74, 6) is -0.693. The fraction of sp³-hybridized carbons (Fsp3) is 0.630. The molecule has 0 saturated carbocycles. The molecule has 0 heterocycles. The van der Waals surface area contributed by atoms with Gasteiger partial charge in [-0.3, -0.25) is 9.59 Å². The van der Waals surface area contributed by atoms with Crippen molar-refractivity contribution in [3.63, 3.8) is 0 Å². The van der Waals surface area contributed by atoms with Gasteiger partial charge in [0.1, 0.15) is 5.54 Å². The van der Waals surface area contributed by atoms with Crippen molar-refractivity contribution in [1.82, 2.24) is 0 Å². The van der Waals surface area contributed by atoms with Gasteiger partial charge in [0.25, 0.3) is 0 Å². The molecule has 0 radical (unpaired) electrons. The fourth-order valence-corrected chi connectivity index (χ4v) is 3.10. The van der Waals surface area contributed by atoms with E-state index in [-0.39, 0.29) is 50.6 Å². The van der Waals surface area contributed by atoms with Crippen LogP contribution in [0.3, 0.4) is 0 Å². The summed E-state index contributed by atoms with van der Waals surface area (Å²) in [7, 11) is 1.20. The standard InChI is InChI=1S/C27H41NO10/c1-7-23(29)34-15-12-27(28,24(30)33-6)17-20-8-9-21(37-25(31)35-13-10-18(2)3)22(16-20)38-26(32)36-14-11-19(4)5/h8-9,16,18-19H,7,10-15,17,28H2,1-6H3/t27-/m1/s1. The Morgan fingerprint density at radius 2 is 1.39 bits per heavy atom. The van der Waals surface area contributed by atoms with E-state index in [1.807, 2.05) is 27.7 Å². The van der Waals surface area contributed by atoms with E-state index >= 15 is 0 Å². The van der Waals surface area contributed by atoms with E-state index in [2.05, 4.69) is 0 Å². The van der Waals surface area contributed by atoms with E-state index in [0.717, 1.165) is 0 Å². The zero-order valence-corrected chi connectivity index (χ0v) is 23.2. The first-order chi connectivity index (χ1) is 17.9. The van der Waals surface area contributed by atoms with E-state index in [1.165, 1.54) is 19.2 Å². The fourth-order valence-electron chi connectivity index (χ4n) is 3.10. The Labute approximate surface area is 224 Å². The normalized spacial score (nSPS) is 12.4. The molecule has 1 atom stereocenters. The zero-order chi connectivity index (χ0) is 28.7. The van der Waals surface area contributed by atoms with Crippen molar-refractivity contribution >= 4 is 24.2 Å². The number of methoxy groups -OCH3 is 1. The highest BCUT2D eigenvalue weighted by molar-refractivity contribution is 5.81. The molecule has 1 aromatic rings. The van der Waals surface area contributed by atoms with Gasteiger partial charge in [-0.05, 0) is 42.4 Å². The second-order valence-electron chi connectivity index (χ2n) is 9.70. The van der Waals surface area contributed by atoms with E-state index in [0.29, 0.717) is 30.2 Å². The quantitative estimate of drug-likeness (QED) is 0.190. The summed E-state index contributed by atoms with van der Waals surface area (Å²) < 4.78 is 30.7. The Kier molecular flexibility index (Phi) is 14.2. The zero-order valence-electron chi connectivity index (χ0n) is 23.2. The summed E-state index contributed by atoms with van der Waals surface area (Å²) >= 11 is 0. The monoisotopic (exact) mass is 539 g/mol. The molecule has 1 aromatic carbocycles. The van der Waals surface area contributed by atoms with Crippen LogP contribution in [0.1, 0.15) is 65.9 Å². The maximum atomic E-state index is 12.5. The molecule has 0 unspecified atom stereocenters. The molecule has 0 saturated heterocycles. The van der Waals surface area contributed by atoms with Crippen LogP contribution in [0.25, 0.3) is 0 Å². The van der Waals surface area contributed by atoms with Gasteiger partial charge in [-0.15, -0.1) is 0 Å². The first kappa shape index (κ1) is 32.7. The Hall–Kier alpha value is -3.34. The van der Waals surface area contributed by atoms with Gasteiger partial charge in [-0.2, -0.15) is 0 Å². The summed E-state index contributed by atoms with van der Waals surface area (Å²) in [6.07, 6.45) is -0.542. The third-order valence-corrected chi connectivity index (χ3v) is 5.44. The Morgan fingerprint density at radius 1 is 0.842 bits per heavy atom. The number of ether oxygens (including phenoxy) is 6. The molecule has 11 nitrogen and oxygen atoms in total. The Balaban J connectivity index is 3.13. The second kappa shape index (κ2) is 16.5. The molecule has 0 spiro atoms. The molecular formula is C27H41NO10. The van der Waals surface area contributed by atoms with Crippen molar-refractivity contribution < 1.29 is 47.6 Å². The molecule has 38 heavy (non-hydrogen) atoms. The van der Waals surface area contributed by atoms with Crippen LogP contribution in [0, 0.1) is 11.8 Å². The molecule has 2 N–H and O–H groups in total. The van der Waals surface area contributed by atoms with Crippen LogP contribution in [-0.2, 0) is 35.0 Å². The molecule has 0 fully saturated rings. The van der Waals surface area contributed by atoms with Crippen LogP contribution in [-0.4, -0.2) is 56.7 Å². The van der Waals surface area contributed by atoms with Crippen molar-refractivity contribution in [3.8, 4) is 11.5 Å². The van der Waals surface area contributed by atoms with Gasteiger partial charge in [0.2, 0.25) is 0 Å². The maximum absolute atomic E-state index is 12.5. The van der Waals surface area contributed by atoms with Crippen molar-refractivity contribution in [1.29, 1.82) is 0 Å². The van der Waals surface area contributed by atoms with Gasteiger partial charge in [0.05, 0.1) is 26.9 Å². The van der Waals surface area contributed by atoms with Crippen molar-refractivity contribution in [2.75, 3.05) is 26.9 Å².